The Kier molecular flexibility index (Phi) is 6.45. The lowest BCUT2D eigenvalue weighted by Gasteiger charge is -2.37. The quantitative estimate of drug-likeness (QED) is 0.815. The summed E-state index contributed by atoms with van der Waals surface area (Å²) in [5.74, 6) is 0.334. The summed E-state index contributed by atoms with van der Waals surface area (Å²) in [6.07, 6.45) is 3.49. The number of likely N-dealkylation sites (N-methyl/N-ethyl adjacent to an activating group) is 1. The van der Waals surface area contributed by atoms with Crippen molar-refractivity contribution in [1.82, 2.24) is 14.7 Å². The Morgan fingerprint density at radius 1 is 1.20 bits per heavy atom. The summed E-state index contributed by atoms with van der Waals surface area (Å²) < 4.78 is 0. The Balaban J connectivity index is 1.37. The molecule has 1 aromatic carbocycles. The number of likely N-dealkylation sites (tertiary alicyclic amines) is 2. The number of aliphatic hydroxyl groups is 1. The zero-order chi connectivity index (χ0) is 17.6. The van der Waals surface area contributed by atoms with Gasteiger partial charge in [0.1, 0.15) is 0 Å². The highest BCUT2D eigenvalue weighted by molar-refractivity contribution is 5.78. The van der Waals surface area contributed by atoms with E-state index in [0.717, 1.165) is 58.4 Å². The van der Waals surface area contributed by atoms with E-state index in [9.17, 15) is 9.90 Å². The van der Waals surface area contributed by atoms with Crippen molar-refractivity contribution in [3.63, 3.8) is 0 Å². The number of amides is 1. The van der Waals surface area contributed by atoms with E-state index in [2.05, 4.69) is 46.0 Å². The zero-order valence-corrected chi connectivity index (χ0v) is 15.3. The lowest BCUT2D eigenvalue weighted by atomic mass is 10.0. The summed E-state index contributed by atoms with van der Waals surface area (Å²) in [5.41, 5.74) is 1.27. The molecule has 5 heteroatoms. The molecule has 0 spiro atoms. The molecule has 2 saturated heterocycles. The van der Waals surface area contributed by atoms with E-state index in [1.807, 2.05) is 6.07 Å². The highest BCUT2D eigenvalue weighted by atomic mass is 16.3. The number of hydrogen-bond donors (Lipinski definition) is 1. The van der Waals surface area contributed by atoms with Crippen LogP contribution in [0.1, 0.15) is 31.2 Å². The molecule has 0 aliphatic carbocycles. The number of carbonyl (C=O) groups excluding carboxylic acids is 1. The highest BCUT2D eigenvalue weighted by Gasteiger charge is 2.31. The number of hydrogen-bond acceptors (Lipinski definition) is 4. The minimum atomic E-state index is -0.335. The number of nitrogens with zero attached hydrogens (tertiary/aromatic N) is 3. The van der Waals surface area contributed by atoms with Crippen LogP contribution in [-0.4, -0.2) is 77.6 Å². The third-order valence-corrected chi connectivity index (χ3v) is 5.39. The third kappa shape index (κ3) is 5.27. The van der Waals surface area contributed by atoms with E-state index in [4.69, 9.17) is 0 Å². The van der Waals surface area contributed by atoms with E-state index < -0.39 is 0 Å². The lowest BCUT2D eigenvalue weighted by molar-refractivity contribution is -0.130. The lowest BCUT2D eigenvalue weighted by Crippen LogP contribution is -2.48. The van der Waals surface area contributed by atoms with Gasteiger partial charge in [-0.25, -0.2) is 0 Å². The Labute approximate surface area is 151 Å². The van der Waals surface area contributed by atoms with Crippen molar-refractivity contribution in [2.75, 3.05) is 39.8 Å². The summed E-state index contributed by atoms with van der Waals surface area (Å²) in [7, 11) is 2.06. The molecular formula is C20H31N3O2. The van der Waals surface area contributed by atoms with E-state index >= 15 is 0 Å². The largest absolute Gasteiger partial charge is 0.390 e. The van der Waals surface area contributed by atoms with Gasteiger partial charge >= 0.3 is 0 Å². The van der Waals surface area contributed by atoms with E-state index in [1.165, 1.54) is 5.56 Å². The van der Waals surface area contributed by atoms with Crippen LogP contribution in [0.5, 0.6) is 0 Å². The van der Waals surface area contributed by atoms with E-state index in [-0.39, 0.29) is 6.10 Å². The number of aliphatic hydroxyl groups excluding tert-OH is 1. The van der Waals surface area contributed by atoms with Crippen LogP contribution in [0, 0.1) is 0 Å². The second kappa shape index (κ2) is 8.79. The van der Waals surface area contributed by atoms with Gasteiger partial charge in [-0.2, -0.15) is 0 Å². The molecule has 1 aromatic rings. The van der Waals surface area contributed by atoms with Crippen LogP contribution in [0.2, 0.25) is 0 Å². The fourth-order valence-corrected chi connectivity index (χ4v) is 4.14. The van der Waals surface area contributed by atoms with Crippen LogP contribution in [-0.2, 0) is 11.3 Å². The summed E-state index contributed by atoms with van der Waals surface area (Å²) in [5, 5.41) is 10.4. The average Bonchev–Trinajstić information content (AvgIpc) is 3.02. The maximum Gasteiger partial charge on any atom is 0.222 e. The number of β-amino-alcohol motifs (C(OH)–C–C–N with tert-alkyl or cyclic N) is 1. The first-order valence-corrected chi connectivity index (χ1v) is 9.54. The zero-order valence-electron chi connectivity index (χ0n) is 15.3. The second-order valence-corrected chi connectivity index (χ2v) is 7.56. The second-order valence-electron chi connectivity index (χ2n) is 7.56. The van der Waals surface area contributed by atoms with Crippen LogP contribution in [0.25, 0.3) is 0 Å². The van der Waals surface area contributed by atoms with Crippen LogP contribution >= 0.6 is 0 Å². The fraction of sp³-hybridized carbons (Fsp3) is 0.650. The molecule has 0 aromatic heterocycles. The molecule has 0 radical (unpaired) electrons. The van der Waals surface area contributed by atoms with Crippen LogP contribution < -0.4 is 0 Å². The molecule has 0 bridgehead atoms. The van der Waals surface area contributed by atoms with Gasteiger partial charge in [-0.3, -0.25) is 9.69 Å². The van der Waals surface area contributed by atoms with E-state index in [0.29, 0.717) is 18.5 Å². The predicted molar refractivity (Wildman–Crippen MR) is 99.2 cm³/mol. The smallest absolute Gasteiger partial charge is 0.222 e. The minimum Gasteiger partial charge on any atom is -0.390 e. The van der Waals surface area contributed by atoms with Crippen molar-refractivity contribution >= 4 is 5.91 Å². The average molecular weight is 345 g/mol. The van der Waals surface area contributed by atoms with Crippen molar-refractivity contribution in [2.45, 2.75) is 44.4 Å². The Bertz CT molecular complexity index is 543. The number of piperidine rings is 1. The summed E-state index contributed by atoms with van der Waals surface area (Å²) in [6, 6.07) is 10.8. The van der Waals surface area contributed by atoms with Gasteiger partial charge < -0.3 is 14.9 Å². The number of rotatable bonds is 7. The molecule has 0 saturated carbocycles. The molecule has 3 rings (SSSR count). The van der Waals surface area contributed by atoms with Gasteiger partial charge in [0.05, 0.1) is 6.10 Å². The molecule has 1 amide bonds. The first-order valence-electron chi connectivity index (χ1n) is 9.54. The third-order valence-electron chi connectivity index (χ3n) is 5.39. The van der Waals surface area contributed by atoms with Gasteiger partial charge in [-0.1, -0.05) is 30.3 Å². The fourth-order valence-electron chi connectivity index (χ4n) is 4.14. The Morgan fingerprint density at radius 2 is 1.92 bits per heavy atom. The number of carbonyl (C=O) groups is 1. The van der Waals surface area contributed by atoms with Crippen molar-refractivity contribution in [3.8, 4) is 0 Å². The molecule has 1 unspecified atom stereocenters. The Hall–Kier alpha value is -1.43. The molecule has 1 N–H and O–H groups in total. The maximum absolute atomic E-state index is 11.9. The van der Waals surface area contributed by atoms with Crippen molar-refractivity contribution in [3.05, 3.63) is 35.9 Å². The van der Waals surface area contributed by atoms with Gasteiger partial charge in [0.2, 0.25) is 5.91 Å². The van der Waals surface area contributed by atoms with Gasteiger partial charge in [-0.05, 0) is 31.9 Å². The first kappa shape index (κ1) is 18.4. The molecule has 138 valence electrons. The molecule has 25 heavy (non-hydrogen) atoms. The maximum atomic E-state index is 11.9. The topological polar surface area (TPSA) is 47.0 Å². The summed E-state index contributed by atoms with van der Waals surface area (Å²) in [4.78, 5) is 18.5. The van der Waals surface area contributed by atoms with Gasteiger partial charge in [-0.15, -0.1) is 0 Å². The normalized spacial score (nSPS) is 21.2. The molecule has 2 fully saturated rings. The van der Waals surface area contributed by atoms with Crippen molar-refractivity contribution < 1.29 is 9.90 Å². The molecule has 2 aliphatic rings. The van der Waals surface area contributed by atoms with Crippen LogP contribution in [0.4, 0.5) is 0 Å². The minimum absolute atomic E-state index is 0.334. The standard InChI is InChI=1S/C20H31N3O2/c1-21(14-17-6-3-2-4-7-17)15-19(24)16-22-12-9-18(10-13-22)23-11-5-8-20(23)25/h2-4,6-7,18-19,24H,5,8-16H2,1H3. The summed E-state index contributed by atoms with van der Waals surface area (Å²) in [6.45, 7) is 5.16. The van der Waals surface area contributed by atoms with Crippen LogP contribution in [0.15, 0.2) is 30.3 Å². The molecular weight excluding hydrogens is 314 g/mol. The highest BCUT2D eigenvalue weighted by Crippen LogP contribution is 2.22. The molecule has 1 atom stereocenters. The van der Waals surface area contributed by atoms with Crippen molar-refractivity contribution in [1.29, 1.82) is 0 Å². The number of benzene rings is 1. The SMILES string of the molecule is CN(Cc1ccccc1)CC(O)CN1CCC(N2CCCC2=O)CC1. The predicted octanol–water partition coefficient (Wildman–Crippen LogP) is 1.57. The molecule has 2 heterocycles. The van der Waals surface area contributed by atoms with E-state index in [1.54, 1.807) is 0 Å². The van der Waals surface area contributed by atoms with Gasteiger partial charge in [0, 0.05) is 51.7 Å². The monoisotopic (exact) mass is 345 g/mol. The molecule has 2 aliphatic heterocycles. The van der Waals surface area contributed by atoms with Crippen LogP contribution in [0.3, 0.4) is 0 Å². The van der Waals surface area contributed by atoms with Gasteiger partial charge in [0.15, 0.2) is 0 Å². The first-order chi connectivity index (χ1) is 12.1. The molecule has 5 nitrogen and oxygen atoms in total. The Morgan fingerprint density at radius 3 is 2.56 bits per heavy atom. The van der Waals surface area contributed by atoms with Gasteiger partial charge in [0.25, 0.3) is 0 Å². The van der Waals surface area contributed by atoms with Crippen molar-refractivity contribution in [2.24, 2.45) is 0 Å². The summed E-state index contributed by atoms with van der Waals surface area (Å²) >= 11 is 0.